The number of aromatic hydroxyl groups is 1. The fourth-order valence-corrected chi connectivity index (χ4v) is 4.13. The molecule has 0 bridgehead atoms. The second-order valence-electron chi connectivity index (χ2n) is 6.69. The lowest BCUT2D eigenvalue weighted by molar-refractivity contribution is -0.893. The van der Waals surface area contributed by atoms with E-state index >= 15 is 0 Å². The van der Waals surface area contributed by atoms with Crippen molar-refractivity contribution in [3.63, 3.8) is 0 Å². The van der Waals surface area contributed by atoms with Crippen LogP contribution in [0.25, 0.3) is 5.69 Å². The van der Waals surface area contributed by atoms with Crippen LogP contribution in [0.2, 0.25) is 0 Å². The number of hydrogen-bond donors (Lipinski definition) is 2. The van der Waals surface area contributed by atoms with E-state index in [2.05, 4.69) is 25.8 Å². The van der Waals surface area contributed by atoms with Crippen LogP contribution < -0.4 is 10.5 Å². The average molecular weight is 391 g/mol. The lowest BCUT2D eigenvalue weighted by Crippen LogP contribution is -3.11. The van der Waals surface area contributed by atoms with Gasteiger partial charge in [-0.15, -0.1) is 0 Å². The highest BCUT2D eigenvalue weighted by atomic mass is 32.2. The monoisotopic (exact) mass is 390 g/mol. The molecule has 0 saturated carbocycles. The fraction of sp³-hybridized carbons (Fsp3) is 0.524. The topological polar surface area (TPSA) is 59.6 Å². The molecular formula is C21H32N3O2S+. The van der Waals surface area contributed by atoms with Crippen LogP contribution in [0.5, 0.6) is 5.88 Å². The highest BCUT2D eigenvalue weighted by Crippen LogP contribution is 2.23. The van der Waals surface area contributed by atoms with Crippen LogP contribution in [-0.2, 0) is 6.42 Å². The molecule has 0 amide bonds. The summed E-state index contributed by atoms with van der Waals surface area (Å²) in [7, 11) is 0. The number of nitrogens with zero attached hydrogens (tertiary/aromatic N) is 2. The lowest BCUT2D eigenvalue weighted by atomic mass is 10.1. The zero-order valence-electron chi connectivity index (χ0n) is 16.7. The minimum atomic E-state index is -0.150. The molecule has 0 atom stereocenters. The molecule has 6 heteroatoms. The Morgan fingerprint density at radius 1 is 1.11 bits per heavy atom. The molecule has 0 unspecified atom stereocenters. The van der Waals surface area contributed by atoms with Gasteiger partial charge in [0.2, 0.25) is 5.88 Å². The van der Waals surface area contributed by atoms with Gasteiger partial charge in [-0.2, -0.15) is 4.98 Å². The van der Waals surface area contributed by atoms with Crippen molar-refractivity contribution in [2.45, 2.75) is 51.6 Å². The number of para-hydroxylation sites is 1. The van der Waals surface area contributed by atoms with Crippen molar-refractivity contribution in [2.24, 2.45) is 0 Å². The number of hydrogen-bond acceptors (Lipinski definition) is 4. The molecule has 5 nitrogen and oxygen atoms in total. The van der Waals surface area contributed by atoms with Gasteiger partial charge < -0.3 is 10.0 Å². The van der Waals surface area contributed by atoms with E-state index in [0.29, 0.717) is 17.1 Å². The molecule has 0 fully saturated rings. The number of benzene rings is 1. The minimum Gasteiger partial charge on any atom is -0.493 e. The number of aromatic nitrogens is 2. The summed E-state index contributed by atoms with van der Waals surface area (Å²) >= 11 is 1.54. The Morgan fingerprint density at radius 3 is 2.44 bits per heavy atom. The maximum Gasteiger partial charge on any atom is 0.265 e. The Balaban J connectivity index is 2.35. The van der Waals surface area contributed by atoms with Crippen molar-refractivity contribution in [3.8, 4) is 11.6 Å². The highest BCUT2D eigenvalue weighted by Gasteiger charge is 2.18. The van der Waals surface area contributed by atoms with Gasteiger partial charge in [0.05, 0.1) is 36.6 Å². The number of thioether (sulfide) groups is 1. The van der Waals surface area contributed by atoms with Gasteiger partial charge in [-0.05, 0) is 38.8 Å². The molecule has 1 aromatic carbocycles. The van der Waals surface area contributed by atoms with Gasteiger partial charge in [0.1, 0.15) is 0 Å². The second kappa shape index (κ2) is 11.1. The van der Waals surface area contributed by atoms with Crippen molar-refractivity contribution < 1.29 is 10.0 Å². The Morgan fingerprint density at radius 2 is 1.81 bits per heavy atom. The Kier molecular flexibility index (Phi) is 8.88. The Labute approximate surface area is 166 Å². The zero-order chi connectivity index (χ0) is 19.6. The summed E-state index contributed by atoms with van der Waals surface area (Å²) < 4.78 is 1.66. The summed E-state index contributed by atoms with van der Waals surface area (Å²) in [5.41, 5.74) is 1.07. The van der Waals surface area contributed by atoms with Crippen LogP contribution in [0.1, 0.15) is 45.6 Å². The molecule has 2 aromatic rings. The summed E-state index contributed by atoms with van der Waals surface area (Å²) in [6.07, 6.45) is 3.55. The van der Waals surface area contributed by atoms with Crippen LogP contribution >= 0.6 is 11.8 Å². The van der Waals surface area contributed by atoms with Crippen LogP contribution in [0.4, 0.5) is 0 Å². The third-order valence-corrected chi connectivity index (χ3v) is 5.80. The first-order chi connectivity index (χ1) is 13.1. The first-order valence-corrected chi connectivity index (χ1v) is 11.0. The predicted octanol–water partition coefficient (Wildman–Crippen LogP) is 2.69. The highest BCUT2D eigenvalue weighted by molar-refractivity contribution is 7.99. The van der Waals surface area contributed by atoms with E-state index in [9.17, 15) is 9.90 Å². The third-order valence-electron chi connectivity index (χ3n) is 4.86. The number of rotatable bonds is 11. The molecule has 0 saturated heterocycles. The first-order valence-electron chi connectivity index (χ1n) is 9.98. The lowest BCUT2D eigenvalue weighted by Gasteiger charge is -2.17. The van der Waals surface area contributed by atoms with Crippen molar-refractivity contribution >= 4 is 11.8 Å². The molecule has 0 spiro atoms. The van der Waals surface area contributed by atoms with Crippen molar-refractivity contribution in [3.05, 3.63) is 46.2 Å². The van der Waals surface area contributed by atoms with Gasteiger partial charge in [0.15, 0.2) is 5.16 Å². The quantitative estimate of drug-likeness (QED) is 0.352. The van der Waals surface area contributed by atoms with Crippen molar-refractivity contribution in [1.82, 2.24) is 9.55 Å². The fourth-order valence-electron chi connectivity index (χ4n) is 3.09. The largest absolute Gasteiger partial charge is 0.493 e. The molecule has 2 rings (SSSR count). The van der Waals surface area contributed by atoms with E-state index in [4.69, 9.17) is 0 Å². The molecule has 0 radical (unpaired) electrons. The van der Waals surface area contributed by atoms with E-state index < -0.39 is 0 Å². The summed E-state index contributed by atoms with van der Waals surface area (Å²) in [4.78, 5) is 19.1. The number of unbranched alkanes of at least 4 members (excludes halogenated alkanes) is 2. The molecule has 27 heavy (non-hydrogen) atoms. The number of quaternary nitrogens is 1. The van der Waals surface area contributed by atoms with Crippen LogP contribution in [0.3, 0.4) is 0 Å². The maximum atomic E-state index is 13.2. The number of nitrogens with one attached hydrogen (secondary N) is 1. The SMILES string of the molecule is CCCCCc1c(O)nc(SCC[NH+](CC)CC)n(-c2ccccc2)c1=O. The third kappa shape index (κ3) is 5.84. The summed E-state index contributed by atoms with van der Waals surface area (Å²) in [5.74, 6) is 0.742. The van der Waals surface area contributed by atoms with E-state index in [1.807, 2.05) is 30.3 Å². The normalized spacial score (nSPS) is 11.3. The zero-order valence-corrected chi connectivity index (χ0v) is 17.5. The van der Waals surface area contributed by atoms with E-state index in [1.54, 1.807) is 4.57 Å². The smallest absolute Gasteiger partial charge is 0.265 e. The van der Waals surface area contributed by atoms with Gasteiger partial charge in [-0.3, -0.25) is 9.36 Å². The van der Waals surface area contributed by atoms with Gasteiger partial charge in [0.25, 0.3) is 5.56 Å². The van der Waals surface area contributed by atoms with Gasteiger partial charge in [0, 0.05) is 0 Å². The van der Waals surface area contributed by atoms with Crippen LogP contribution in [-0.4, -0.2) is 40.0 Å². The van der Waals surface area contributed by atoms with E-state index in [0.717, 1.165) is 50.3 Å². The summed E-state index contributed by atoms with van der Waals surface area (Å²) in [6.45, 7) is 9.64. The standard InChI is InChI=1S/C21H31N3O2S/c1-4-7-9-14-18-19(25)22-21(27-16-15-23(5-2)6-3)24(20(18)26)17-12-10-8-11-13-17/h8,10-13,25H,4-7,9,14-16H2,1-3H3/p+1. The van der Waals surface area contributed by atoms with Crippen LogP contribution in [0, 0.1) is 0 Å². The molecule has 148 valence electrons. The van der Waals surface area contributed by atoms with Gasteiger partial charge >= 0.3 is 0 Å². The Hall–Kier alpha value is -1.79. The predicted molar refractivity (Wildman–Crippen MR) is 112 cm³/mol. The second-order valence-corrected chi connectivity index (χ2v) is 7.75. The molecule has 2 N–H and O–H groups in total. The van der Waals surface area contributed by atoms with E-state index in [1.165, 1.54) is 16.7 Å². The first kappa shape index (κ1) is 21.5. The van der Waals surface area contributed by atoms with Crippen LogP contribution in [0.15, 0.2) is 40.3 Å². The molecular weight excluding hydrogens is 358 g/mol. The minimum absolute atomic E-state index is 0.110. The average Bonchev–Trinajstić information content (AvgIpc) is 2.68. The van der Waals surface area contributed by atoms with Gasteiger partial charge in [-0.1, -0.05) is 49.7 Å². The van der Waals surface area contributed by atoms with Crippen molar-refractivity contribution in [2.75, 3.05) is 25.4 Å². The molecule has 0 aliphatic rings. The molecule has 0 aliphatic carbocycles. The van der Waals surface area contributed by atoms with Gasteiger partial charge in [-0.25, -0.2) is 0 Å². The molecule has 0 aliphatic heterocycles. The maximum absolute atomic E-state index is 13.2. The Bertz CT molecular complexity index is 758. The summed E-state index contributed by atoms with van der Waals surface area (Å²) in [6, 6.07) is 9.59. The van der Waals surface area contributed by atoms with E-state index in [-0.39, 0.29) is 11.4 Å². The summed E-state index contributed by atoms with van der Waals surface area (Å²) in [5, 5.41) is 11.0. The van der Waals surface area contributed by atoms with Crippen molar-refractivity contribution in [1.29, 1.82) is 0 Å². The molecule has 1 heterocycles. The molecule has 1 aromatic heterocycles.